The molecule has 1 atom stereocenters. The number of ether oxygens (including phenoxy) is 2. The number of amides is 2. The van der Waals surface area contributed by atoms with Crippen LogP contribution >= 0.6 is 0 Å². The molecule has 1 aliphatic carbocycles. The fraction of sp³-hybridized carbons (Fsp3) is 0.303. The second-order valence-electron chi connectivity index (χ2n) is 10.4. The van der Waals surface area contributed by atoms with Gasteiger partial charge in [0.25, 0.3) is 0 Å². The molecule has 8 nitrogen and oxygen atoms in total. The first-order valence-corrected chi connectivity index (χ1v) is 13.9. The van der Waals surface area contributed by atoms with Crippen molar-refractivity contribution in [1.29, 1.82) is 0 Å². The zero-order valence-electron chi connectivity index (χ0n) is 22.8. The van der Waals surface area contributed by atoms with E-state index in [9.17, 15) is 19.5 Å². The fourth-order valence-electron chi connectivity index (χ4n) is 5.76. The molecule has 212 valence electrons. The lowest BCUT2D eigenvalue weighted by Gasteiger charge is -2.31. The quantitative estimate of drug-likeness (QED) is 0.328. The van der Waals surface area contributed by atoms with E-state index in [2.05, 4.69) is 24.0 Å². The fourth-order valence-corrected chi connectivity index (χ4v) is 5.76. The number of aliphatic carboxylic acids is 1. The van der Waals surface area contributed by atoms with Crippen molar-refractivity contribution in [2.24, 2.45) is 0 Å². The Hall–Kier alpha value is -4.59. The third kappa shape index (κ3) is 6.43. The van der Waals surface area contributed by atoms with Crippen LogP contribution in [0.2, 0.25) is 0 Å². The van der Waals surface area contributed by atoms with Gasteiger partial charge in [0.2, 0.25) is 0 Å². The van der Waals surface area contributed by atoms with Gasteiger partial charge in [0.05, 0.1) is 0 Å². The number of hydrogen-bond acceptors (Lipinski definition) is 5. The molecule has 0 saturated carbocycles. The zero-order chi connectivity index (χ0) is 28.8. The molecule has 41 heavy (non-hydrogen) atoms. The number of carbonyl (C=O) groups excluding carboxylic acids is 2. The maximum atomic E-state index is 12.7. The molecule has 3 aromatic carbocycles. The van der Waals surface area contributed by atoms with Gasteiger partial charge < -0.3 is 24.8 Å². The monoisotopic (exact) mass is 554 g/mol. The number of carbonyl (C=O) groups is 3. The Morgan fingerprint density at radius 3 is 2.12 bits per heavy atom. The minimum atomic E-state index is -1.13. The Bertz CT molecular complexity index is 1370. The highest BCUT2D eigenvalue weighted by atomic mass is 16.6. The standard InChI is InChI=1S/C33H34N2O6/c1-2-19-40-33(39)35-17-15-24(16-18-35)23-13-11-22(12-14-23)20-30(31(36)37)34-32(38)41-21-29-27-9-5-3-7-25(27)26-8-4-6-10-28(26)29/h2-14,24,29-30H,1,15-21H2,(H,34,38)(H,36,37)/t30-/m0/s1. The molecular weight excluding hydrogens is 520 g/mol. The molecule has 2 aliphatic rings. The molecule has 0 radical (unpaired) electrons. The molecule has 0 unspecified atom stereocenters. The van der Waals surface area contributed by atoms with Gasteiger partial charge in [0, 0.05) is 25.4 Å². The van der Waals surface area contributed by atoms with Crippen molar-refractivity contribution in [3.05, 3.63) is 108 Å². The summed E-state index contributed by atoms with van der Waals surface area (Å²) in [5, 5.41) is 12.3. The summed E-state index contributed by atoms with van der Waals surface area (Å²) in [6.07, 6.45) is 2.26. The second kappa shape index (κ2) is 12.7. The number of nitrogens with one attached hydrogen (secondary N) is 1. The molecule has 2 N–H and O–H groups in total. The molecule has 2 amide bonds. The number of hydrogen-bond donors (Lipinski definition) is 2. The summed E-state index contributed by atoms with van der Waals surface area (Å²) < 4.78 is 10.7. The number of rotatable bonds is 9. The Kier molecular flexibility index (Phi) is 8.67. The van der Waals surface area contributed by atoms with Gasteiger partial charge in [0.1, 0.15) is 19.3 Å². The SMILES string of the molecule is C=CCOC(=O)N1CCC(c2ccc(C[C@H](NC(=O)OCC3c4ccccc4-c4ccccc43)C(=O)O)cc2)CC1. The Morgan fingerprint density at radius 1 is 0.927 bits per heavy atom. The zero-order valence-corrected chi connectivity index (χ0v) is 22.8. The van der Waals surface area contributed by atoms with Gasteiger partial charge in [-0.2, -0.15) is 0 Å². The number of carboxylic acids is 1. The number of nitrogens with zero attached hydrogens (tertiary/aromatic N) is 1. The van der Waals surface area contributed by atoms with E-state index >= 15 is 0 Å². The highest BCUT2D eigenvalue weighted by Crippen LogP contribution is 2.44. The number of fused-ring (bicyclic) bond motifs is 3. The molecule has 1 fully saturated rings. The first kappa shape index (κ1) is 28.0. The van der Waals surface area contributed by atoms with Crippen LogP contribution in [-0.4, -0.2) is 60.5 Å². The molecule has 8 heteroatoms. The summed E-state index contributed by atoms with van der Waals surface area (Å²) in [4.78, 5) is 38.4. The van der Waals surface area contributed by atoms with Crippen LogP contribution in [0, 0.1) is 0 Å². The molecule has 5 rings (SSSR count). The van der Waals surface area contributed by atoms with Gasteiger partial charge >= 0.3 is 18.2 Å². The van der Waals surface area contributed by atoms with E-state index in [1.807, 2.05) is 60.7 Å². The average molecular weight is 555 g/mol. The molecule has 3 aromatic rings. The van der Waals surface area contributed by atoms with Gasteiger partial charge in [-0.1, -0.05) is 85.5 Å². The lowest BCUT2D eigenvalue weighted by atomic mass is 9.88. The lowest BCUT2D eigenvalue weighted by molar-refractivity contribution is -0.139. The number of alkyl carbamates (subject to hydrolysis) is 1. The predicted octanol–water partition coefficient (Wildman–Crippen LogP) is 5.72. The van der Waals surface area contributed by atoms with Crippen molar-refractivity contribution >= 4 is 18.2 Å². The maximum Gasteiger partial charge on any atom is 0.410 e. The molecule has 1 saturated heterocycles. The van der Waals surface area contributed by atoms with E-state index in [4.69, 9.17) is 9.47 Å². The minimum Gasteiger partial charge on any atom is -0.480 e. The van der Waals surface area contributed by atoms with Crippen LogP contribution in [0.5, 0.6) is 0 Å². The topological polar surface area (TPSA) is 105 Å². The predicted molar refractivity (Wildman–Crippen MR) is 155 cm³/mol. The Labute approximate surface area is 239 Å². The van der Waals surface area contributed by atoms with Crippen molar-refractivity contribution < 1.29 is 29.0 Å². The van der Waals surface area contributed by atoms with Crippen LogP contribution in [0.1, 0.15) is 46.9 Å². The van der Waals surface area contributed by atoms with Crippen molar-refractivity contribution in [2.75, 3.05) is 26.3 Å². The molecule has 0 bridgehead atoms. The first-order valence-electron chi connectivity index (χ1n) is 13.9. The minimum absolute atomic E-state index is 0.103. The maximum absolute atomic E-state index is 12.7. The van der Waals surface area contributed by atoms with Crippen LogP contribution in [0.25, 0.3) is 11.1 Å². The highest BCUT2D eigenvalue weighted by Gasteiger charge is 2.30. The number of benzene rings is 3. The van der Waals surface area contributed by atoms with Crippen LogP contribution in [0.15, 0.2) is 85.5 Å². The van der Waals surface area contributed by atoms with Crippen molar-refractivity contribution in [2.45, 2.75) is 37.1 Å². The summed E-state index contributed by atoms with van der Waals surface area (Å²) >= 11 is 0. The summed E-state index contributed by atoms with van der Waals surface area (Å²) in [7, 11) is 0. The third-order valence-electron chi connectivity index (χ3n) is 7.90. The average Bonchev–Trinajstić information content (AvgIpc) is 3.32. The van der Waals surface area contributed by atoms with E-state index in [1.54, 1.807) is 11.0 Å². The summed E-state index contributed by atoms with van der Waals surface area (Å²) in [5.74, 6) is -0.923. The Morgan fingerprint density at radius 2 is 1.54 bits per heavy atom. The van der Waals surface area contributed by atoms with Crippen molar-refractivity contribution in [3.63, 3.8) is 0 Å². The van der Waals surface area contributed by atoms with Gasteiger partial charge in [0.15, 0.2) is 0 Å². The van der Waals surface area contributed by atoms with Crippen LogP contribution in [0.3, 0.4) is 0 Å². The number of likely N-dealkylation sites (tertiary alicyclic amines) is 1. The largest absolute Gasteiger partial charge is 0.480 e. The van der Waals surface area contributed by atoms with Gasteiger partial charge in [-0.3, -0.25) is 0 Å². The second-order valence-corrected chi connectivity index (χ2v) is 10.4. The van der Waals surface area contributed by atoms with Gasteiger partial charge in [-0.15, -0.1) is 0 Å². The van der Waals surface area contributed by atoms with Crippen molar-refractivity contribution in [3.8, 4) is 11.1 Å². The van der Waals surface area contributed by atoms with E-state index in [1.165, 1.54) is 0 Å². The highest BCUT2D eigenvalue weighted by molar-refractivity contribution is 5.81. The summed E-state index contributed by atoms with van der Waals surface area (Å²) in [6.45, 7) is 5.12. The smallest absolute Gasteiger partial charge is 0.410 e. The summed E-state index contributed by atoms with van der Waals surface area (Å²) in [5.41, 5.74) is 6.38. The summed E-state index contributed by atoms with van der Waals surface area (Å²) in [6, 6.07) is 22.8. The van der Waals surface area contributed by atoms with Gasteiger partial charge in [-0.05, 0) is 52.1 Å². The molecule has 0 spiro atoms. The van der Waals surface area contributed by atoms with Crippen molar-refractivity contribution in [1.82, 2.24) is 10.2 Å². The normalized spacial score (nSPS) is 15.4. The number of piperidine rings is 1. The third-order valence-corrected chi connectivity index (χ3v) is 7.90. The van der Waals surface area contributed by atoms with Crippen LogP contribution < -0.4 is 5.32 Å². The molecular formula is C33H34N2O6. The molecule has 1 aliphatic heterocycles. The first-order chi connectivity index (χ1) is 19.9. The van der Waals surface area contributed by atoms with E-state index in [0.717, 1.165) is 46.2 Å². The number of carboxylic acid groups (broad SMARTS) is 1. The van der Waals surface area contributed by atoms with E-state index in [0.29, 0.717) is 19.0 Å². The molecule has 1 heterocycles. The lowest BCUT2D eigenvalue weighted by Crippen LogP contribution is -2.42. The van der Waals surface area contributed by atoms with Crippen LogP contribution in [0.4, 0.5) is 9.59 Å². The Balaban J connectivity index is 1.14. The van der Waals surface area contributed by atoms with E-state index < -0.39 is 18.1 Å². The van der Waals surface area contributed by atoms with Crippen LogP contribution in [-0.2, 0) is 20.7 Å². The van der Waals surface area contributed by atoms with Gasteiger partial charge in [-0.25, -0.2) is 14.4 Å². The molecule has 0 aromatic heterocycles. The van der Waals surface area contributed by atoms with E-state index in [-0.39, 0.29) is 31.6 Å².